The van der Waals surface area contributed by atoms with Gasteiger partial charge in [-0.15, -0.1) is 0 Å². The second-order valence-corrected chi connectivity index (χ2v) is 3.86. The van der Waals surface area contributed by atoms with E-state index in [1.807, 2.05) is 24.4 Å². The molecule has 2 aromatic rings. The van der Waals surface area contributed by atoms with Gasteiger partial charge in [0.15, 0.2) is 0 Å². The average Bonchev–Trinajstić information content (AvgIpc) is 2.45. The zero-order chi connectivity index (χ0) is 7.84. The highest BCUT2D eigenvalue weighted by Crippen LogP contribution is 2.25. The molecule has 0 bridgehead atoms. The highest BCUT2D eigenvalue weighted by atomic mass is 127. The summed E-state index contributed by atoms with van der Waals surface area (Å²) in [7, 11) is 0. The third-order valence-corrected chi connectivity index (χ3v) is 2.87. The molecular weight excluding hydrogens is 272 g/mol. The molecule has 0 atom stereocenters. The molecule has 1 heterocycles. The van der Waals surface area contributed by atoms with E-state index in [-0.39, 0.29) is 0 Å². The Morgan fingerprint density at radius 2 is 2.09 bits per heavy atom. The molecule has 11 heavy (non-hydrogen) atoms. The summed E-state index contributed by atoms with van der Waals surface area (Å²) >= 11 is 8.23. The smallest absolute Gasteiger partial charge is 0.0654 e. The lowest BCUT2D eigenvalue weighted by Gasteiger charge is -1.95. The molecule has 2 rings (SSSR count). The Hall–Kier alpha value is -0.220. The van der Waals surface area contributed by atoms with Crippen LogP contribution in [0, 0.1) is 3.57 Å². The molecule has 1 aromatic heterocycles. The van der Waals surface area contributed by atoms with E-state index in [2.05, 4.69) is 27.6 Å². The maximum Gasteiger partial charge on any atom is 0.0654 e. The molecule has 0 aliphatic rings. The lowest BCUT2D eigenvalue weighted by molar-refractivity contribution is 1.48. The summed E-state index contributed by atoms with van der Waals surface area (Å²) in [6.45, 7) is 0. The molecule has 0 fully saturated rings. The summed E-state index contributed by atoms with van der Waals surface area (Å²) in [6, 6.07) is 5.95. The SMILES string of the molecule is Clc1ccc(I)c2cc[nH]c12. The molecule has 0 spiro atoms. The van der Waals surface area contributed by atoms with Crippen molar-refractivity contribution >= 4 is 45.1 Å². The summed E-state index contributed by atoms with van der Waals surface area (Å²) in [5, 5.41) is 1.98. The van der Waals surface area contributed by atoms with Crippen molar-refractivity contribution in [3.63, 3.8) is 0 Å². The van der Waals surface area contributed by atoms with Gasteiger partial charge in [-0.2, -0.15) is 0 Å². The van der Waals surface area contributed by atoms with E-state index >= 15 is 0 Å². The van der Waals surface area contributed by atoms with Crippen LogP contribution in [-0.2, 0) is 0 Å². The van der Waals surface area contributed by atoms with E-state index in [0.717, 1.165) is 10.5 Å². The van der Waals surface area contributed by atoms with Gasteiger partial charge >= 0.3 is 0 Å². The predicted octanol–water partition coefficient (Wildman–Crippen LogP) is 3.43. The fourth-order valence-corrected chi connectivity index (χ4v) is 1.93. The minimum atomic E-state index is 0.783. The van der Waals surface area contributed by atoms with Crippen LogP contribution in [0.3, 0.4) is 0 Å². The highest BCUT2D eigenvalue weighted by Gasteiger charge is 2.01. The van der Waals surface area contributed by atoms with Crippen LogP contribution in [0.25, 0.3) is 10.9 Å². The first-order valence-electron chi connectivity index (χ1n) is 3.20. The topological polar surface area (TPSA) is 15.8 Å². The number of aromatic amines is 1. The van der Waals surface area contributed by atoms with Crippen LogP contribution in [0.1, 0.15) is 0 Å². The first-order valence-corrected chi connectivity index (χ1v) is 4.66. The molecule has 1 N–H and O–H groups in total. The lowest BCUT2D eigenvalue weighted by Crippen LogP contribution is -1.74. The van der Waals surface area contributed by atoms with Gasteiger partial charge in [0.25, 0.3) is 0 Å². The predicted molar refractivity (Wildman–Crippen MR) is 56.0 cm³/mol. The Kier molecular flexibility index (Phi) is 1.81. The Morgan fingerprint density at radius 1 is 1.27 bits per heavy atom. The van der Waals surface area contributed by atoms with Gasteiger partial charge in [-0.1, -0.05) is 11.6 Å². The fourth-order valence-electron chi connectivity index (χ4n) is 1.09. The summed E-state index contributed by atoms with van der Waals surface area (Å²) in [4.78, 5) is 3.09. The van der Waals surface area contributed by atoms with E-state index in [4.69, 9.17) is 11.6 Å². The molecule has 0 saturated carbocycles. The van der Waals surface area contributed by atoms with Crippen molar-refractivity contribution in [1.29, 1.82) is 0 Å². The largest absolute Gasteiger partial charge is 0.360 e. The third-order valence-electron chi connectivity index (χ3n) is 1.62. The number of halogens is 2. The molecule has 0 unspecified atom stereocenters. The minimum Gasteiger partial charge on any atom is -0.360 e. The van der Waals surface area contributed by atoms with Gasteiger partial charge in [0.1, 0.15) is 0 Å². The van der Waals surface area contributed by atoms with Crippen LogP contribution in [0.15, 0.2) is 24.4 Å². The molecule has 0 radical (unpaired) electrons. The summed E-state index contributed by atoms with van der Waals surface area (Å²) in [6.07, 6.45) is 1.90. The van der Waals surface area contributed by atoms with Crippen LogP contribution in [0.2, 0.25) is 5.02 Å². The fraction of sp³-hybridized carbons (Fsp3) is 0. The normalized spacial score (nSPS) is 10.7. The van der Waals surface area contributed by atoms with Gasteiger partial charge in [-0.25, -0.2) is 0 Å². The summed E-state index contributed by atoms with van der Waals surface area (Å²) < 4.78 is 1.23. The van der Waals surface area contributed by atoms with E-state index in [1.165, 1.54) is 8.96 Å². The molecular formula is C8H5ClIN. The third kappa shape index (κ3) is 1.14. The monoisotopic (exact) mass is 277 g/mol. The van der Waals surface area contributed by atoms with Crippen molar-refractivity contribution in [2.45, 2.75) is 0 Å². The van der Waals surface area contributed by atoms with Crippen molar-refractivity contribution in [2.24, 2.45) is 0 Å². The summed E-state index contributed by atoms with van der Waals surface area (Å²) in [5.41, 5.74) is 1.03. The van der Waals surface area contributed by atoms with Crippen molar-refractivity contribution < 1.29 is 0 Å². The standard InChI is InChI=1S/C8H5ClIN/c9-6-1-2-7(10)5-3-4-11-8(5)6/h1-4,11H. The van der Waals surface area contributed by atoms with Gasteiger partial charge in [0.05, 0.1) is 10.5 Å². The Morgan fingerprint density at radius 3 is 2.82 bits per heavy atom. The molecule has 1 nitrogen and oxygen atoms in total. The Labute approximate surface area is 82.9 Å². The first-order chi connectivity index (χ1) is 5.29. The number of hydrogen-bond acceptors (Lipinski definition) is 0. The van der Waals surface area contributed by atoms with Crippen LogP contribution >= 0.6 is 34.2 Å². The number of hydrogen-bond donors (Lipinski definition) is 1. The van der Waals surface area contributed by atoms with Gasteiger partial charge in [-0.05, 0) is 40.8 Å². The molecule has 56 valence electrons. The van der Waals surface area contributed by atoms with Gasteiger partial charge in [-0.3, -0.25) is 0 Å². The van der Waals surface area contributed by atoms with Gasteiger partial charge in [0.2, 0.25) is 0 Å². The average molecular weight is 277 g/mol. The molecule has 1 aromatic carbocycles. The number of fused-ring (bicyclic) bond motifs is 1. The number of H-pyrrole nitrogens is 1. The van der Waals surface area contributed by atoms with Crippen molar-refractivity contribution in [1.82, 2.24) is 4.98 Å². The molecule has 3 heteroatoms. The maximum atomic E-state index is 5.94. The van der Waals surface area contributed by atoms with Crippen molar-refractivity contribution in [3.05, 3.63) is 33.0 Å². The van der Waals surface area contributed by atoms with Crippen LogP contribution in [0.5, 0.6) is 0 Å². The Balaban J connectivity index is 2.96. The van der Waals surface area contributed by atoms with E-state index < -0.39 is 0 Å². The van der Waals surface area contributed by atoms with Crippen LogP contribution in [0.4, 0.5) is 0 Å². The quantitative estimate of drug-likeness (QED) is 0.710. The molecule has 0 saturated heterocycles. The molecule has 0 aliphatic carbocycles. The minimum absolute atomic E-state index is 0.783. The number of benzene rings is 1. The summed E-state index contributed by atoms with van der Waals surface area (Å²) in [5.74, 6) is 0. The lowest BCUT2D eigenvalue weighted by atomic mass is 10.2. The van der Waals surface area contributed by atoms with Gasteiger partial charge < -0.3 is 4.98 Å². The van der Waals surface area contributed by atoms with Crippen LogP contribution < -0.4 is 0 Å². The van der Waals surface area contributed by atoms with E-state index in [0.29, 0.717) is 0 Å². The molecule has 0 aliphatic heterocycles. The zero-order valence-electron chi connectivity index (χ0n) is 5.57. The second kappa shape index (κ2) is 2.68. The Bertz CT molecular complexity index is 358. The second-order valence-electron chi connectivity index (χ2n) is 2.30. The zero-order valence-corrected chi connectivity index (χ0v) is 8.48. The number of nitrogens with one attached hydrogen (secondary N) is 1. The van der Waals surface area contributed by atoms with Crippen LogP contribution in [-0.4, -0.2) is 4.98 Å². The molecule has 0 amide bonds. The van der Waals surface area contributed by atoms with Crippen molar-refractivity contribution in [3.8, 4) is 0 Å². The first kappa shape index (κ1) is 7.43. The van der Waals surface area contributed by atoms with E-state index in [9.17, 15) is 0 Å². The highest BCUT2D eigenvalue weighted by molar-refractivity contribution is 14.1. The number of aromatic nitrogens is 1. The van der Waals surface area contributed by atoms with E-state index in [1.54, 1.807) is 0 Å². The van der Waals surface area contributed by atoms with Crippen molar-refractivity contribution in [2.75, 3.05) is 0 Å². The van der Waals surface area contributed by atoms with Gasteiger partial charge in [0, 0.05) is 15.2 Å². The number of rotatable bonds is 0. The maximum absolute atomic E-state index is 5.94.